The van der Waals surface area contributed by atoms with Gasteiger partial charge in [-0.2, -0.15) is 0 Å². The van der Waals surface area contributed by atoms with Crippen LogP contribution < -0.4 is 4.74 Å². The summed E-state index contributed by atoms with van der Waals surface area (Å²) in [5, 5.41) is 10.4. The Balaban J connectivity index is 3.13. The van der Waals surface area contributed by atoms with E-state index in [4.69, 9.17) is 11.6 Å². The number of nitrogens with zero attached hydrogens (tertiary/aromatic N) is 1. The van der Waals surface area contributed by atoms with Crippen LogP contribution in [0.4, 0.5) is 10.5 Å². The van der Waals surface area contributed by atoms with Gasteiger partial charge in [-0.15, -0.1) is 0 Å². The van der Waals surface area contributed by atoms with E-state index in [1.807, 2.05) is 0 Å². The molecule has 0 bridgehead atoms. The zero-order valence-electron chi connectivity index (χ0n) is 7.18. The number of carbonyl (C=O) groups excluding carboxylic acids is 2. The summed E-state index contributed by atoms with van der Waals surface area (Å²) in [6.07, 6.45) is 0.295. The summed E-state index contributed by atoms with van der Waals surface area (Å²) in [4.78, 5) is 30.6. The Morgan fingerprint density at radius 2 is 2.20 bits per heavy atom. The molecule has 0 unspecified atom stereocenters. The van der Waals surface area contributed by atoms with E-state index in [9.17, 15) is 19.7 Å². The van der Waals surface area contributed by atoms with Crippen LogP contribution in [0.15, 0.2) is 18.2 Å². The van der Waals surface area contributed by atoms with Crippen LogP contribution in [0.3, 0.4) is 0 Å². The Labute approximate surface area is 88.6 Å². The SMILES string of the molecule is O=Cc1cc(OC(=O)Cl)ccc1[N+](=O)[O-]. The molecule has 1 rings (SSSR count). The third kappa shape index (κ3) is 2.75. The lowest BCUT2D eigenvalue weighted by Crippen LogP contribution is -1.99. The summed E-state index contributed by atoms with van der Waals surface area (Å²) in [5.41, 5.74) is -1.63. The highest BCUT2D eigenvalue weighted by atomic mass is 35.5. The van der Waals surface area contributed by atoms with Crippen LogP contribution in [0, 0.1) is 10.1 Å². The Kier molecular flexibility index (Phi) is 3.35. The summed E-state index contributed by atoms with van der Waals surface area (Å²) in [6, 6.07) is 3.29. The highest BCUT2D eigenvalue weighted by Gasteiger charge is 2.14. The van der Waals surface area contributed by atoms with E-state index in [0.29, 0.717) is 6.29 Å². The van der Waals surface area contributed by atoms with Crippen LogP contribution in [0.25, 0.3) is 0 Å². The molecule has 0 aromatic heterocycles. The third-order valence-corrected chi connectivity index (χ3v) is 1.60. The molecule has 6 nitrogen and oxygen atoms in total. The number of aldehydes is 1. The van der Waals surface area contributed by atoms with Crippen molar-refractivity contribution < 1.29 is 19.2 Å². The summed E-state index contributed by atoms with van der Waals surface area (Å²) >= 11 is 4.93. The molecular formula is C8H4ClNO5. The van der Waals surface area contributed by atoms with E-state index >= 15 is 0 Å². The van der Waals surface area contributed by atoms with Crippen LogP contribution in [0.2, 0.25) is 0 Å². The first-order valence-electron chi connectivity index (χ1n) is 3.65. The number of ether oxygens (including phenoxy) is 1. The molecule has 0 saturated carbocycles. The lowest BCUT2D eigenvalue weighted by Gasteiger charge is -2.00. The summed E-state index contributed by atoms with van der Waals surface area (Å²) < 4.78 is 4.44. The second kappa shape index (κ2) is 4.52. The van der Waals surface area contributed by atoms with Crippen LogP contribution in [-0.2, 0) is 0 Å². The average Bonchev–Trinajstić information content (AvgIpc) is 2.16. The van der Waals surface area contributed by atoms with Gasteiger partial charge in [0.25, 0.3) is 5.69 Å². The molecule has 0 spiro atoms. The van der Waals surface area contributed by atoms with Gasteiger partial charge < -0.3 is 4.74 Å². The predicted molar refractivity (Wildman–Crippen MR) is 50.4 cm³/mol. The van der Waals surface area contributed by atoms with E-state index in [-0.39, 0.29) is 17.0 Å². The largest absolute Gasteiger partial charge is 0.414 e. The second-order valence-electron chi connectivity index (χ2n) is 2.44. The Morgan fingerprint density at radius 3 is 2.67 bits per heavy atom. The lowest BCUT2D eigenvalue weighted by atomic mass is 10.2. The first-order valence-corrected chi connectivity index (χ1v) is 4.03. The Bertz CT molecular complexity index is 431. The first-order chi connectivity index (χ1) is 7.04. The Hall–Kier alpha value is -1.95. The number of carbonyl (C=O) groups is 2. The van der Waals surface area contributed by atoms with Crippen LogP contribution in [0.5, 0.6) is 5.75 Å². The van der Waals surface area contributed by atoms with Crippen LogP contribution >= 0.6 is 11.6 Å². The molecule has 0 saturated heterocycles. The van der Waals surface area contributed by atoms with Crippen molar-refractivity contribution in [3.63, 3.8) is 0 Å². The van der Waals surface area contributed by atoms with Gasteiger partial charge in [-0.25, -0.2) is 4.79 Å². The number of hydrogen-bond donors (Lipinski definition) is 0. The zero-order chi connectivity index (χ0) is 11.4. The summed E-state index contributed by atoms with van der Waals surface area (Å²) in [5.74, 6) is -0.0253. The average molecular weight is 230 g/mol. The highest BCUT2D eigenvalue weighted by Crippen LogP contribution is 2.22. The summed E-state index contributed by atoms with van der Waals surface area (Å²) in [6.45, 7) is 0. The molecule has 0 atom stereocenters. The van der Waals surface area contributed by atoms with Gasteiger partial charge in [-0.3, -0.25) is 14.9 Å². The highest BCUT2D eigenvalue weighted by molar-refractivity contribution is 6.61. The van der Waals surface area contributed by atoms with E-state index in [1.165, 1.54) is 6.07 Å². The van der Waals surface area contributed by atoms with Gasteiger partial charge in [0.05, 0.1) is 10.5 Å². The molecule has 1 aromatic rings. The van der Waals surface area contributed by atoms with Crippen molar-refractivity contribution in [1.82, 2.24) is 0 Å². The third-order valence-electron chi connectivity index (χ3n) is 1.52. The van der Waals surface area contributed by atoms with Crippen molar-refractivity contribution >= 4 is 29.0 Å². The van der Waals surface area contributed by atoms with Crippen molar-refractivity contribution in [2.24, 2.45) is 0 Å². The Morgan fingerprint density at radius 1 is 1.53 bits per heavy atom. The molecule has 0 radical (unpaired) electrons. The fourth-order valence-corrected chi connectivity index (χ4v) is 1.04. The molecule has 1 aromatic carbocycles. The topological polar surface area (TPSA) is 86.5 Å². The van der Waals surface area contributed by atoms with Gasteiger partial charge in [0.15, 0.2) is 6.29 Å². The molecule has 15 heavy (non-hydrogen) atoms. The molecule has 78 valence electrons. The van der Waals surface area contributed by atoms with Crippen LogP contribution in [0.1, 0.15) is 10.4 Å². The standard InChI is InChI=1S/C8H4ClNO5/c9-8(12)15-6-1-2-7(10(13)14)5(3-6)4-11/h1-4H. The molecule has 0 aliphatic carbocycles. The van der Waals surface area contributed by atoms with E-state index in [0.717, 1.165) is 12.1 Å². The minimum Gasteiger partial charge on any atom is -0.414 e. The van der Waals surface area contributed by atoms with Gasteiger partial charge in [-0.1, -0.05) is 0 Å². The molecule has 7 heteroatoms. The van der Waals surface area contributed by atoms with Crippen molar-refractivity contribution in [1.29, 1.82) is 0 Å². The molecule has 0 N–H and O–H groups in total. The van der Waals surface area contributed by atoms with Crippen molar-refractivity contribution in [2.45, 2.75) is 0 Å². The van der Waals surface area contributed by atoms with Gasteiger partial charge in [0.1, 0.15) is 5.75 Å². The number of hydrogen-bond acceptors (Lipinski definition) is 5. The van der Waals surface area contributed by atoms with Gasteiger partial charge in [-0.05, 0) is 12.1 Å². The maximum absolute atomic E-state index is 10.5. The normalized spacial score (nSPS) is 9.40. The minimum absolute atomic E-state index is 0.0253. The fraction of sp³-hybridized carbons (Fsp3) is 0. The number of rotatable bonds is 3. The molecule has 0 aliphatic heterocycles. The maximum atomic E-state index is 10.5. The lowest BCUT2D eigenvalue weighted by molar-refractivity contribution is -0.385. The van der Waals surface area contributed by atoms with Crippen molar-refractivity contribution in [3.8, 4) is 5.75 Å². The van der Waals surface area contributed by atoms with Gasteiger partial charge in [0, 0.05) is 17.7 Å². The fourth-order valence-electron chi connectivity index (χ4n) is 0.949. The monoisotopic (exact) mass is 229 g/mol. The molecular weight excluding hydrogens is 226 g/mol. The number of nitro benzene ring substituents is 1. The van der Waals surface area contributed by atoms with E-state index in [1.54, 1.807) is 0 Å². The smallest absolute Gasteiger partial charge is 0.409 e. The number of nitro groups is 1. The maximum Gasteiger partial charge on any atom is 0.409 e. The van der Waals surface area contributed by atoms with E-state index in [2.05, 4.69) is 4.74 Å². The molecule has 0 heterocycles. The molecule has 0 fully saturated rings. The zero-order valence-corrected chi connectivity index (χ0v) is 7.93. The van der Waals surface area contributed by atoms with Crippen molar-refractivity contribution in [2.75, 3.05) is 0 Å². The van der Waals surface area contributed by atoms with Crippen molar-refractivity contribution in [3.05, 3.63) is 33.9 Å². The predicted octanol–water partition coefficient (Wildman–Crippen LogP) is 2.14. The molecule has 0 amide bonds. The van der Waals surface area contributed by atoms with E-state index < -0.39 is 10.4 Å². The quantitative estimate of drug-likeness (QED) is 0.343. The second-order valence-corrected chi connectivity index (χ2v) is 2.74. The number of benzene rings is 1. The van der Waals surface area contributed by atoms with Gasteiger partial charge >= 0.3 is 5.43 Å². The first kappa shape index (κ1) is 11.1. The summed E-state index contributed by atoms with van der Waals surface area (Å²) in [7, 11) is 0. The van der Waals surface area contributed by atoms with Gasteiger partial charge in [0.2, 0.25) is 0 Å². The minimum atomic E-state index is -1.08. The van der Waals surface area contributed by atoms with Crippen LogP contribution in [-0.4, -0.2) is 16.6 Å². The molecule has 0 aliphatic rings. The number of halogens is 1.